The lowest BCUT2D eigenvalue weighted by Crippen LogP contribution is -2.11. The summed E-state index contributed by atoms with van der Waals surface area (Å²) in [5, 5.41) is 0.555. The van der Waals surface area contributed by atoms with Crippen LogP contribution in [0.3, 0.4) is 0 Å². The van der Waals surface area contributed by atoms with Crippen LogP contribution in [-0.2, 0) is 4.74 Å². The van der Waals surface area contributed by atoms with Crippen LogP contribution in [0.15, 0.2) is 106 Å². The highest BCUT2D eigenvalue weighted by Crippen LogP contribution is 2.26. The molecule has 0 unspecified atom stereocenters. The summed E-state index contributed by atoms with van der Waals surface area (Å²) in [5.74, 6) is 2.54. The molecule has 0 saturated carbocycles. The molecule has 7 nitrogen and oxygen atoms in total. The van der Waals surface area contributed by atoms with Crippen LogP contribution in [0.4, 0.5) is 0 Å². The van der Waals surface area contributed by atoms with Crippen molar-refractivity contribution < 1.29 is 28.2 Å². The van der Waals surface area contributed by atoms with Crippen LogP contribution in [0.5, 0.6) is 17.2 Å². The molecule has 1 heterocycles. The third-order valence-corrected chi connectivity index (χ3v) is 11.8. The molecule has 0 aliphatic rings. The molecule has 0 N–H and O–H groups in total. The molecule has 0 spiro atoms. The van der Waals surface area contributed by atoms with Gasteiger partial charge in [0.15, 0.2) is 5.43 Å². The molecular weight excluding hydrogens is 773 g/mol. The molecule has 0 amide bonds. The van der Waals surface area contributed by atoms with Gasteiger partial charge in [-0.1, -0.05) is 160 Å². The lowest BCUT2D eigenvalue weighted by molar-refractivity contribution is 0.0447. The Hall–Kier alpha value is -5.04. The Bertz CT molecular complexity index is 2050. The van der Waals surface area contributed by atoms with E-state index < -0.39 is 0 Å². The van der Waals surface area contributed by atoms with Gasteiger partial charge in [-0.05, 0) is 90.4 Å². The van der Waals surface area contributed by atoms with Crippen molar-refractivity contribution in [2.45, 2.75) is 143 Å². The smallest absolute Gasteiger partial charge is 0.338 e. The van der Waals surface area contributed by atoms with Crippen molar-refractivity contribution in [2.75, 3.05) is 26.4 Å². The molecule has 1 aromatic heterocycles. The van der Waals surface area contributed by atoms with Crippen LogP contribution in [0.25, 0.3) is 33.2 Å². The monoisotopic (exact) mass is 845 g/mol. The van der Waals surface area contributed by atoms with E-state index in [0.717, 1.165) is 79.3 Å². The Morgan fingerprint density at radius 1 is 0.532 bits per heavy atom. The fraction of sp³-hybridized carbons (Fsp3) is 0.491. The summed E-state index contributed by atoms with van der Waals surface area (Å²) in [7, 11) is 0. The van der Waals surface area contributed by atoms with E-state index in [2.05, 4.69) is 32.9 Å². The quantitative estimate of drug-likeness (QED) is 0.0324. The van der Waals surface area contributed by atoms with Crippen molar-refractivity contribution in [1.29, 1.82) is 0 Å². The maximum absolute atomic E-state index is 13.4. The van der Waals surface area contributed by atoms with Gasteiger partial charge in [-0.3, -0.25) is 4.79 Å². The van der Waals surface area contributed by atoms with E-state index >= 15 is 0 Å². The zero-order valence-corrected chi connectivity index (χ0v) is 37.9. The van der Waals surface area contributed by atoms with Crippen LogP contribution < -0.4 is 19.6 Å². The molecule has 7 heteroatoms. The van der Waals surface area contributed by atoms with Crippen LogP contribution >= 0.6 is 0 Å². The highest BCUT2D eigenvalue weighted by molar-refractivity contribution is 5.90. The van der Waals surface area contributed by atoms with E-state index in [9.17, 15) is 9.59 Å². The third-order valence-electron chi connectivity index (χ3n) is 11.8. The van der Waals surface area contributed by atoms with Gasteiger partial charge in [-0.25, -0.2) is 4.79 Å². The topological polar surface area (TPSA) is 84.2 Å². The molecule has 4 aromatic carbocycles. The third kappa shape index (κ3) is 16.7. The lowest BCUT2D eigenvalue weighted by atomic mass is 10.0. The van der Waals surface area contributed by atoms with Gasteiger partial charge < -0.3 is 23.4 Å². The minimum Gasteiger partial charge on any atom is -0.494 e. The van der Waals surface area contributed by atoms with Crippen LogP contribution in [0, 0.1) is 5.92 Å². The van der Waals surface area contributed by atoms with Gasteiger partial charge >= 0.3 is 5.97 Å². The summed E-state index contributed by atoms with van der Waals surface area (Å²) in [6.07, 6.45) is 24.7. The van der Waals surface area contributed by atoms with Gasteiger partial charge in [0.25, 0.3) is 0 Å². The van der Waals surface area contributed by atoms with Gasteiger partial charge in [-0.15, -0.1) is 0 Å². The second kappa shape index (κ2) is 27.8. The average Bonchev–Trinajstić information content (AvgIpc) is 3.30. The second-order valence-corrected chi connectivity index (χ2v) is 16.9. The predicted octanol–water partition coefficient (Wildman–Crippen LogP) is 15.2. The molecule has 0 radical (unpaired) electrons. The van der Waals surface area contributed by atoms with Gasteiger partial charge in [0.05, 0.1) is 42.9 Å². The van der Waals surface area contributed by atoms with Crippen LogP contribution in [0.2, 0.25) is 0 Å². The molecule has 0 aliphatic carbocycles. The summed E-state index contributed by atoms with van der Waals surface area (Å²) in [6.45, 7) is 8.98. The van der Waals surface area contributed by atoms with Gasteiger partial charge in [0, 0.05) is 6.07 Å². The van der Waals surface area contributed by atoms with Gasteiger partial charge in [0.1, 0.15) is 29.1 Å². The minimum atomic E-state index is -0.268. The lowest BCUT2D eigenvalue weighted by Gasteiger charge is -2.10. The van der Waals surface area contributed by atoms with E-state index in [1.165, 1.54) is 89.9 Å². The molecule has 5 aromatic rings. The molecule has 0 saturated heterocycles. The number of carbonyl (C=O) groups excluding carboxylic acids is 1. The summed E-state index contributed by atoms with van der Waals surface area (Å²) >= 11 is 0. The van der Waals surface area contributed by atoms with Crippen molar-refractivity contribution >= 4 is 16.9 Å². The number of rotatable bonds is 31. The number of fused-ring (bicyclic) bond motifs is 1. The highest BCUT2D eigenvalue weighted by Gasteiger charge is 2.12. The van der Waals surface area contributed by atoms with Gasteiger partial charge in [-0.2, -0.15) is 0 Å². The van der Waals surface area contributed by atoms with Crippen LogP contribution in [-0.4, -0.2) is 32.4 Å². The average molecular weight is 845 g/mol. The van der Waals surface area contributed by atoms with E-state index in [1.54, 1.807) is 6.26 Å². The zero-order chi connectivity index (χ0) is 43.6. The Morgan fingerprint density at radius 3 is 1.47 bits per heavy atom. The standard InChI is InChI=1S/C55H72O7/c1-4-6-7-8-9-14-17-20-38-59-49-33-29-46(30-34-49)52-42-61-53-40-50(35-36-51(53)54(52)56)60-39-22-19-16-13-11-10-12-15-18-21-37-58-48-31-27-45(28-32-48)44-23-25-47(26-24-44)55(57)62-41-43(3)5-2/h23-36,40,42-43H,4-22,37-39,41H2,1-3H3/t43-/m0/s1. The Morgan fingerprint density at radius 2 is 0.968 bits per heavy atom. The number of carbonyl (C=O) groups is 1. The fourth-order valence-corrected chi connectivity index (χ4v) is 7.51. The van der Waals surface area contributed by atoms with Crippen LogP contribution in [0.1, 0.15) is 153 Å². The number of unbranched alkanes of at least 4 members (excludes halogenated alkanes) is 16. The minimum absolute atomic E-state index is 0.0446. The largest absolute Gasteiger partial charge is 0.494 e. The number of esters is 1. The number of hydrogen-bond donors (Lipinski definition) is 0. The first-order valence-corrected chi connectivity index (χ1v) is 23.9. The molecule has 1 atom stereocenters. The molecule has 62 heavy (non-hydrogen) atoms. The molecule has 5 rings (SSSR count). The number of benzene rings is 4. The van der Waals surface area contributed by atoms with Gasteiger partial charge in [0.2, 0.25) is 0 Å². The van der Waals surface area contributed by atoms with Crippen molar-refractivity contribution in [1.82, 2.24) is 0 Å². The molecular formula is C55H72O7. The predicted molar refractivity (Wildman–Crippen MR) is 255 cm³/mol. The van der Waals surface area contributed by atoms with E-state index in [0.29, 0.717) is 41.2 Å². The van der Waals surface area contributed by atoms with Crippen molar-refractivity contribution in [3.05, 3.63) is 113 Å². The van der Waals surface area contributed by atoms with Crippen molar-refractivity contribution in [3.8, 4) is 39.5 Å². The molecule has 0 aliphatic heterocycles. The maximum atomic E-state index is 13.4. The van der Waals surface area contributed by atoms with Crippen molar-refractivity contribution in [2.24, 2.45) is 5.92 Å². The highest BCUT2D eigenvalue weighted by atomic mass is 16.5. The first kappa shape index (κ1) is 48.0. The summed E-state index contributed by atoms with van der Waals surface area (Å²) in [6, 6.07) is 29.0. The maximum Gasteiger partial charge on any atom is 0.338 e. The molecule has 334 valence electrons. The SMILES string of the molecule is CCCCCCCCCCOc1ccc(-c2coc3cc(OCCCCCCCCCCCCOc4ccc(-c5ccc(C(=O)OC[C@@H](C)CC)cc5)cc4)ccc3c2=O)cc1. The Labute approximate surface area is 371 Å². The summed E-state index contributed by atoms with van der Waals surface area (Å²) in [5.41, 5.74) is 4.59. The zero-order valence-electron chi connectivity index (χ0n) is 37.9. The summed E-state index contributed by atoms with van der Waals surface area (Å²) < 4.78 is 29.3. The second-order valence-electron chi connectivity index (χ2n) is 16.9. The number of ether oxygens (including phenoxy) is 4. The first-order chi connectivity index (χ1) is 30.4. The first-order valence-electron chi connectivity index (χ1n) is 23.9. The van der Waals surface area contributed by atoms with E-state index in [-0.39, 0.29) is 11.4 Å². The fourth-order valence-electron chi connectivity index (χ4n) is 7.51. The Balaban J connectivity index is 0.865. The summed E-state index contributed by atoms with van der Waals surface area (Å²) in [4.78, 5) is 25.7. The normalized spacial score (nSPS) is 11.7. The molecule has 0 fully saturated rings. The molecule has 0 bridgehead atoms. The Kier molecular flexibility index (Phi) is 21.5. The van der Waals surface area contributed by atoms with E-state index in [1.807, 2.05) is 78.9 Å². The van der Waals surface area contributed by atoms with E-state index in [4.69, 9.17) is 23.4 Å². The van der Waals surface area contributed by atoms with Crippen molar-refractivity contribution in [3.63, 3.8) is 0 Å². The number of hydrogen-bond acceptors (Lipinski definition) is 7.